The number of benzene rings is 1. The van der Waals surface area contributed by atoms with Gasteiger partial charge in [0.15, 0.2) is 6.10 Å². The molecule has 0 amide bonds. The van der Waals surface area contributed by atoms with Crippen LogP contribution in [0.4, 0.5) is 0 Å². The number of carbonyl (C=O) groups is 1. The van der Waals surface area contributed by atoms with Crippen molar-refractivity contribution < 1.29 is 19.4 Å². The summed E-state index contributed by atoms with van der Waals surface area (Å²) in [4.78, 5) is 10.5. The minimum atomic E-state index is -0.911. The van der Waals surface area contributed by atoms with Crippen LogP contribution >= 0.6 is 0 Å². The Kier molecular flexibility index (Phi) is 2.13. The van der Waals surface area contributed by atoms with E-state index < -0.39 is 12.1 Å². The molecule has 0 radical (unpaired) electrons. The fraction of sp³-hybridized carbons (Fsp3) is 0.300. The van der Waals surface area contributed by atoms with Crippen molar-refractivity contribution in [3.8, 4) is 5.75 Å². The normalized spacial score (nSPS) is 24.4. The maximum atomic E-state index is 10.5. The van der Waals surface area contributed by atoms with Gasteiger partial charge in [0.05, 0.1) is 7.11 Å². The molecule has 0 aromatic heterocycles. The van der Waals surface area contributed by atoms with Gasteiger partial charge in [-0.05, 0) is 17.7 Å². The molecule has 1 aliphatic heterocycles. The van der Waals surface area contributed by atoms with E-state index in [9.17, 15) is 4.79 Å². The Balaban J connectivity index is 2.08. The van der Waals surface area contributed by atoms with E-state index in [-0.39, 0.29) is 6.10 Å². The summed E-state index contributed by atoms with van der Waals surface area (Å²) in [5.74, 6) is -0.160. The number of carboxylic acid groups (broad SMARTS) is 1. The van der Waals surface area contributed by atoms with Gasteiger partial charge in [0.1, 0.15) is 11.9 Å². The summed E-state index contributed by atoms with van der Waals surface area (Å²) in [6, 6.07) is 7.20. The van der Waals surface area contributed by atoms with Crippen molar-refractivity contribution in [3.05, 3.63) is 29.8 Å². The molecule has 0 spiro atoms. The largest absolute Gasteiger partial charge is 0.497 e. The van der Waals surface area contributed by atoms with Crippen LogP contribution in [0.5, 0.6) is 5.75 Å². The molecule has 0 saturated carbocycles. The van der Waals surface area contributed by atoms with Gasteiger partial charge in [0.2, 0.25) is 0 Å². The van der Waals surface area contributed by atoms with Gasteiger partial charge in [-0.1, -0.05) is 12.1 Å². The van der Waals surface area contributed by atoms with E-state index in [0.29, 0.717) is 0 Å². The number of carboxylic acids is 1. The lowest BCUT2D eigenvalue weighted by atomic mass is 10.1. The number of methoxy groups -OCH3 is 1. The first-order chi connectivity index (χ1) is 6.72. The molecule has 2 atom stereocenters. The number of aliphatic carboxylic acids is 1. The minimum Gasteiger partial charge on any atom is -0.497 e. The van der Waals surface area contributed by atoms with E-state index in [0.717, 1.165) is 11.3 Å². The second-order valence-electron chi connectivity index (χ2n) is 3.09. The molecular weight excluding hydrogens is 184 g/mol. The first kappa shape index (κ1) is 9.02. The van der Waals surface area contributed by atoms with E-state index in [1.807, 2.05) is 12.1 Å². The highest BCUT2D eigenvalue weighted by atomic mass is 16.6. The zero-order valence-corrected chi connectivity index (χ0v) is 7.64. The molecule has 1 aromatic carbocycles. The second-order valence-corrected chi connectivity index (χ2v) is 3.09. The topological polar surface area (TPSA) is 59.1 Å². The van der Waals surface area contributed by atoms with Gasteiger partial charge >= 0.3 is 5.97 Å². The van der Waals surface area contributed by atoms with Crippen molar-refractivity contribution >= 4 is 5.97 Å². The molecule has 2 rings (SSSR count). The predicted octanol–water partition coefficient (Wildman–Crippen LogP) is 1.22. The van der Waals surface area contributed by atoms with Gasteiger partial charge in [-0.3, -0.25) is 0 Å². The third kappa shape index (κ3) is 1.56. The Hall–Kier alpha value is -1.55. The van der Waals surface area contributed by atoms with Gasteiger partial charge in [0, 0.05) is 0 Å². The summed E-state index contributed by atoms with van der Waals surface area (Å²) in [7, 11) is 1.59. The highest BCUT2D eigenvalue weighted by Crippen LogP contribution is 2.39. The average Bonchev–Trinajstić information content (AvgIpc) is 2.97. The van der Waals surface area contributed by atoms with Gasteiger partial charge in [-0.2, -0.15) is 0 Å². The van der Waals surface area contributed by atoms with Gasteiger partial charge < -0.3 is 14.6 Å². The van der Waals surface area contributed by atoms with Crippen molar-refractivity contribution in [3.63, 3.8) is 0 Å². The zero-order valence-electron chi connectivity index (χ0n) is 7.64. The van der Waals surface area contributed by atoms with E-state index in [1.54, 1.807) is 19.2 Å². The lowest BCUT2D eigenvalue weighted by molar-refractivity contribution is -0.138. The lowest BCUT2D eigenvalue weighted by Gasteiger charge is -1.99. The Morgan fingerprint density at radius 1 is 1.43 bits per heavy atom. The predicted molar refractivity (Wildman–Crippen MR) is 48.2 cm³/mol. The lowest BCUT2D eigenvalue weighted by Crippen LogP contribution is -2.04. The molecular formula is C10H10O4. The molecule has 1 N–H and O–H groups in total. The van der Waals surface area contributed by atoms with Crippen LogP contribution in [-0.2, 0) is 9.53 Å². The van der Waals surface area contributed by atoms with Crippen LogP contribution in [0.25, 0.3) is 0 Å². The van der Waals surface area contributed by atoms with Crippen LogP contribution in [0.15, 0.2) is 24.3 Å². The van der Waals surface area contributed by atoms with Crippen LogP contribution in [0, 0.1) is 0 Å². The summed E-state index contributed by atoms with van der Waals surface area (Å²) < 4.78 is 9.98. The summed E-state index contributed by atoms with van der Waals surface area (Å²) in [5.41, 5.74) is 0.873. The molecule has 4 heteroatoms. The van der Waals surface area contributed by atoms with Crippen LogP contribution < -0.4 is 4.74 Å². The molecule has 1 fully saturated rings. The maximum Gasteiger partial charge on any atom is 0.335 e. The highest BCUT2D eigenvalue weighted by molar-refractivity contribution is 5.76. The fourth-order valence-corrected chi connectivity index (χ4v) is 1.35. The van der Waals surface area contributed by atoms with Gasteiger partial charge in [-0.25, -0.2) is 4.79 Å². The first-order valence-electron chi connectivity index (χ1n) is 4.24. The Morgan fingerprint density at radius 3 is 2.50 bits per heavy atom. The van der Waals surface area contributed by atoms with Gasteiger partial charge in [0.25, 0.3) is 0 Å². The molecule has 1 aliphatic rings. The molecule has 4 nitrogen and oxygen atoms in total. The van der Waals surface area contributed by atoms with Crippen LogP contribution in [0.1, 0.15) is 11.7 Å². The Morgan fingerprint density at radius 2 is 2.07 bits per heavy atom. The molecule has 1 unspecified atom stereocenters. The number of epoxide rings is 1. The molecule has 14 heavy (non-hydrogen) atoms. The van der Waals surface area contributed by atoms with Crippen LogP contribution in [-0.4, -0.2) is 24.3 Å². The first-order valence-corrected chi connectivity index (χ1v) is 4.24. The summed E-state index contributed by atoms with van der Waals surface area (Å²) in [6.45, 7) is 0. The maximum absolute atomic E-state index is 10.5. The monoisotopic (exact) mass is 194 g/mol. The molecule has 1 heterocycles. The van der Waals surface area contributed by atoms with Crippen molar-refractivity contribution in [1.82, 2.24) is 0 Å². The van der Waals surface area contributed by atoms with Crippen LogP contribution in [0.3, 0.4) is 0 Å². The molecule has 1 saturated heterocycles. The minimum absolute atomic E-state index is 0.293. The molecule has 0 aliphatic carbocycles. The standard InChI is InChI=1S/C10H10O4/c1-13-7-4-2-6(3-5-7)8-9(14-8)10(11)12/h2-5,8-9H,1H3,(H,11,12)/t8?,9-/m0/s1. The third-order valence-electron chi connectivity index (χ3n) is 2.18. The quantitative estimate of drug-likeness (QED) is 0.735. The van der Waals surface area contributed by atoms with Gasteiger partial charge in [-0.15, -0.1) is 0 Å². The molecule has 74 valence electrons. The molecule has 1 aromatic rings. The van der Waals surface area contributed by atoms with E-state index in [2.05, 4.69) is 0 Å². The smallest absolute Gasteiger partial charge is 0.335 e. The van der Waals surface area contributed by atoms with E-state index >= 15 is 0 Å². The number of hydrogen-bond donors (Lipinski definition) is 1. The van der Waals surface area contributed by atoms with Crippen molar-refractivity contribution in [2.45, 2.75) is 12.2 Å². The second kappa shape index (κ2) is 3.31. The Bertz CT molecular complexity index is 344. The summed E-state index contributed by atoms with van der Waals surface area (Å²) >= 11 is 0. The summed E-state index contributed by atoms with van der Waals surface area (Å²) in [5, 5.41) is 8.64. The molecule has 0 bridgehead atoms. The van der Waals surface area contributed by atoms with Crippen molar-refractivity contribution in [1.29, 1.82) is 0 Å². The zero-order chi connectivity index (χ0) is 10.1. The SMILES string of the molecule is COc1ccc(C2O[C@@H]2C(=O)O)cc1. The van der Waals surface area contributed by atoms with E-state index in [1.165, 1.54) is 0 Å². The number of hydrogen-bond acceptors (Lipinski definition) is 3. The van der Waals surface area contributed by atoms with Crippen molar-refractivity contribution in [2.75, 3.05) is 7.11 Å². The van der Waals surface area contributed by atoms with Crippen molar-refractivity contribution in [2.24, 2.45) is 0 Å². The Labute approximate surface area is 81.1 Å². The third-order valence-corrected chi connectivity index (χ3v) is 2.18. The van der Waals surface area contributed by atoms with Crippen LogP contribution in [0.2, 0.25) is 0 Å². The summed E-state index contributed by atoms with van der Waals surface area (Å²) in [6.07, 6.45) is -0.971. The number of rotatable bonds is 3. The van der Waals surface area contributed by atoms with E-state index in [4.69, 9.17) is 14.6 Å². The highest BCUT2D eigenvalue weighted by Gasteiger charge is 2.46. The average molecular weight is 194 g/mol. The fourth-order valence-electron chi connectivity index (χ4n) is 1.35. The number of ether oxygens (including phenoxy) is 2.